The van der Waals surface area contributed by atoms with E-state index in [0.29, 0.717) is 5.39 Å². The van der Waals surface area contributed by atoms with Gasteiger partial charge in [-0.25, -0.2) is 4.98 Å². The topological polar surface area (TPSA) is 46.9 Å². The maximum absolute atomic E-state index is 12.6. The lowest BCUT2D eigenvalue weighted by Gasteiger charge is -2.11. The summed E-state index contributed by atoms with van der Waals surface area (Å²) in [6, 6.07) is 12.4. The minimum atomic E-state index is 0.0860. The lowest BCUT2D eigenvalue weighted by Crippen LogP contribution is -2.21. The van der Waals surface area contributed by atoms with Crippen molar-refractivity contribution in [3.05, 3.63) is 69.3 Å². The summed E-state index contributed by atoms with van der Waals surface area (Å²) in [5.74, 6) is 0.920. The van der Waals surface area contributed by atoms with Gasteiger partial charge in [-0.15, -0.1) is 0 Å². The summed E-state index contributed by atoms with van der Waals surface area (Å²) in [4.78, 5) is 17.3. The van der Waals surface area contributed by atoms with Gasteiger partial charge in [-0.3, -0.25) is 9.36 Å². The summed E-state index contributed by atoms with van der Waals surface area (Å²) < 4.78 is 1.82. The third-order valence-corrected chi connectivity index (χ3v) is 4.80. The first-order valence-electron chi connectivity index (χ1n) is 8.45. The smallest absolute Gasteiger partial charge is 0.261 e. The Kier molecular flexibility index (Phi) is 3.60. The molecule has 24 heavy (non-hydrogen) atoms. The minimum Gasteiger partial charge on any atom is -0.381 e. The van der Waals surface area contributed by atoms with Crippen LogP contribution in [-0.4, -0.2) is 9.55 Å². The van der Waals surface area contributed by atoms with Gasteiger partial charge in [0.05, 0.1) is 10.9 Å². The van der Waals surface area contributed by atoms with E-state index >= 15 is 0 Å². The van der Waals surface area contributed by atoms with Crippen molar-refractivity contribution in [2.24, 2.45) is 0 Å². The fourth-order valence-electron chi connectivity index (χ4n) is 3.38. The molecule has 0 aliphatic carbocycles. The zero-order chi connectivity index (χ0) is 16.7. The van der Waals surface area contributed by atoms with Gasteiger partial charge in [0.1, 0.15) is 5.82 Å². The number of benzene rings is 2. The molecule has 0 atom stereocenters. The zero-order valence-electron chi connectivity index (χ0n) is 14.1. The van der Waals surface area contributed by atoms with Crippen LogP contribution in [0.2, 0.25) is 0 Å². The maximum atomic E-state index is 12.6. The molecule has 0 saturated heterocycles. The van der Waals surface area contributed by atoms with Crippen LogP contribution in [-0.2, 0) is 19.5 Å². The molecule has 0 radical (unpaired) electrons. The molecule has 3 aromatic rings. The van der Waals surface area contributed by atoms with E-state index in [0.717, 1.165) is 43.0 Å². The Morgan fingerprint density at radius 1 is 1.17 bits per heavy atom. The molecule has 0 fully saturated rings. The van der Waals surface area contributed by atoms with Crippen molar-refractivity contribution in [3.8, 4) is 0 Å². The van der Waals surface area contributed by atoms with Gasteiger partial charge in [0.2, 0.25) is 0 Å². The van der Waals surface area contributed by atoms with Crippen molar-refractivity contribution in [1.29, 1.82) is 0 Å². The Bertz CT molecular complexity index is 988. The number of nitrogens with one attached hydrogen (secondary N) is 1. The lowest BCUT2D eigenvalue weighted by atomic mass is 10.1. The summed E-state index contributed by atoms with van der Waals surface area (Å²) in [6.45, 7) is 5.76. The van der Waals surface area contributed by atoms with E-state index in [9.17, 15) is 4.79 Å². The van der Waals surface area contributed by atoms with Gasteiger partial charge in [0, 0.05) is 25.2 Å². The number of nitrogens with zero attached hydrogens (tertiary/aromatic N) is 2. The average Bonchev–Trinajstić information content (AvgIpc) is 3.05. The Morgan fingerprint density at radius 2 is 2.04 bits per heavy atom. The molecule has 4 rings (SSSR count). The second-order valence-corrected chi connectivity index (χ2v) is 6.60. The molecule has 2 aromatic carbocycles. The second-order valence-electron chi connectivity index (χ2n) is 6.60. The van der Waals surface area contributed by atoms with E-state index in [1.54, 1.807) is 0 Å². The molecule has 2 heterocycles. The quantitative estimate of drug-likeness (QED) is 0.803. The first-order chi connectivity index (χ1) is 11.6. The molecule has 0 saturated carbocycles. The summed E-state index contributed by atoms with van der Waals surface area (Å²) >= 11 is 0. The van der Waals surface area contributed by atoms with E-state index in [1.807, 2.05) is 22.8 Å². The SMILES string of the molecule is Cc1ccc(C)c(CNc2ccc3nc4n(c(=O)c3c2)CCC4)c1. The van der Waals surface area contributed by atoms with Gasteiger partial charge in [-0.05, 0) is 49.6 Å². The summed E-state index contributed by atoms with van der Waals surface area (Å²) in [5, 5.41) is 4.14. The van der Waals surface area contributed by atoms with E-state index in [4.69, 9.17) is 0 Å². The molecule has 4 heteroatoms. The van der Waals surface area contributed by atoms with Crippen molar-refractivity contribution in [1.82, 2.24) is 9.55 Å². The molecule has 1 aliphatic heterocycles. The Labute approximate surface area is 141 Å². The first kappa shape index (κ1) is 14.9. The molecule has 1 aliphatic rings. The average molecular weight is 319 g/mol. The number of aryl methyl sites for hydroxylation is 3. The molecular formula is C20H21N3O. The van der Waals surface area contributed by atoms with Gasteiger partial charge >= 0.3 is 0 Å². The van der Waals surface area contributed by atoms with Crippen LogP contribution in [0.3, 0.4) is 0 Å². The molecule has 1 N–H and O–H groups in total. The highest BCUT2D eigenvalue weighted by Gasteiger charge is 2.16. The van der Waals surface area contributed by atoms with E-state index in [2.05, 4.69) is 42.3 Å². The number of anilines is 1. The highest BCUT2D eigenvalue weighted by atomic mass is 16.1. The van der Waals surface area contributed by atoms with Crippen LogP contribution in [0.25, 0.3) is 10.9 Å². The third kappa shape index (κ3) is 2.58. The van der Waals surface area contributed by atoms with E-state index in [1.165, 1.54) is 16.7 Å². The summed E-state index contributed by atoms with van der Waals surface area (Å²) in [6.07, 6.45) is 1.91. The van der Waals surface area contributed by atoms with Crippen LogP contribution in [0, 0.1) is 13.8 Å². The van der Waals surface area contributed by atoms with Crippen LogP contribution in [0.5, 0.6) is 0 Å². The van der Waals surface area contributed by atoms with Crippen LogP contribution in [0.1, 0.15) is 28.9 Å². The first-order valence-corrected chi connectivity index (χ1v) is 8.45. The molecule has 1 aromatic heterocycles. The fourth-order valence-corrected chi connectivity index (χ4v) is 3.38. The van der Waals surface area contributed by atoms with Gasteiger partial charge < -0.3 is 5.32 Å². The number of hydrogen-bond acceptors (Lipinski definition) is 3. The third-order valence-electron chi connectivity index (χ3n) is 4.80. The summed E-state index contributed by atoms with van der Waals surface area (Å²) in [7, 11) is 0. The largest absolute Gasteiger partial charge is 0.381 e. The molecule has 0 bridgehead atoms. The normalized spacial score (nSPS) is 13.2. The maximum Gasteiger partial charge on any atom is 0.261 e. The van der Waals surface area contributed by atoms with Crippen molar-refractivity contribution in [3.63, 3.8) is 0 Å². The van der Waals surface area contributed by atoms with Crippen LogP contribution in [0.15, 0.2) is 41.2 Å². The number of fused-ring (bicyclic) bond motifs is 2. The molecule has 0 unspecified atom stereocenters. The van der Waals surface area contributed by atoms with E-state index in [-0.39, 0.29) is 5.56 Å². The van der Waals surface area contributed by atoms with Crippen LogP contribution < -0.4 is 10.9 Å². The standard InChI is InChI=1S/C20H21N3O/c1-13-5-6-14(2)15(10-13)12-21-16-7-8-18-17(11-16)20(24)23-9-3-4-19(23)22-18/h5-8,10-11,21H,3-4,9,12H2,1-2H3. The van der Waals surface area contributed by atoms with E-state index < -0.39 is 0 Å². The van der Waals surface area contributed by atoms with Gasteiger partial charge in [0.25, 0.3) is 5.56 Å². The molecule has 0 spiro atoms. The highest BCUT2D eigenvalue weighted by molar-refractivity contribution is 5.81. The monoisotopic (exact) mass is 319 g/mol. The van der Waals surface area contributed by atoms with Crippen molar-refractivity contribution in [2.45, 2.75) is 39.8 Å². The van der Waals surface area contributed by atoms with Crippen LogP contribution in [0.4, 0.5) is 5.69 Å². The highest BCUT2D eigenvalue weighted by Crippen LogP contribution is 2.19. The number of rotatable bonds is 3. The molecular weight excluding hydrogens is 298 g/mol. The molecule has 4 nitrogen and oxygen atoms in total. The minimum absolute atomic E-state index is 0.0860. The zero-order valence-corrected chi connectivity index (χ0v) is 14.1. The number of aromatic nitrogens is 2. The van der Waals surface area contributed by atoms with Crippen molar-refractivity contribution in [2.75, 3.05) is 5.32 Å². The lowest BCUT2D eigenvalue weighted by molar-refractivity contribution is 0.719. The van der Waals surface area contributed by atoms with Crippen molar-refractivity contribution >= 4 is 16.6 Å². The molecule has 122 valence electrons. The Balaban J connectivity index is 1.66. The Hall–Kier alpha value is -2.62. The predicted octanol–water partition coefficient (Wildman–Crippen LogP) is 3.57. The van der Waals surface area contributed by atoms with Gasteiger partial charge in [-0.1, -0.05) is 23.8 Å². The summed E-state index contributed by atoms with van der Waals surface area (Å²) in [5.41, 5.74) is 5.65. The van der Waals surface area contributed by atoms with Gasteiger partial charge in [-0.2, -0.15) is 0 Å². The number of hydrogen-bond donors (Lipinski definition) is 1. The van der Waals surface area contributed by atoms with Crippen LogP contribution >= 0.6 is 0 Å². The Morgan fingerprint density at radius 3 is 2.92 bits per heavy atom. The predicted molar refractivity (Wildman–Crippen MR) is 97.6 cm³/mol. The van der Waals surface area contributed by atoms with Gasteiger partial charge in [0.15, 0.2) is 0 Å². The van der Waals surface area contributed by atoms with Crippen molar-refractivity contribution < 1.29 is 0 Å². The fraction of sp³-hybridized carbons (Fsp3) is 0.300. The second kappa shape index (κ2) is 5.78. The molecule has 0 amide bonds.